The number of rotatable bonds is 8. The summed E-state index contributed by atoms with van der Waals surface area (Å²) >= 11 is 0. The van der Waals surface area contributed by atoms with E-state index < -0.39 is 0 Å². The molecule has 0 aliphatic carbocycles. The summed E-state index contributed by atoms with van der Waals surface area (Å²) in [6.45, 7) is 6.15. The fourth-order valence-corrected chi connectivity index (χ4v) is 3.65. The van der Waals surface area contributed by atoms with E-state index in [4.69, 9.17) is 4.74 Å². The molecule has 1 N–H and O–H groups in total. The van der Waals surface area contributed by atoms with Crippen molar-refractivity contribution in [3.8, 4) is 11.4 Å². The molecule has 1 amide bonds. The Kier molecular flexibility index (Phi) is 6.50. The molecular formula is C26H28N4O2. The van der Waals surface area contributed by atoms with Crippen LogP contribution in [0.3, 0.4) is 0 Å². The molecule has 4 rings (SSSR count). The van der Waals surface area contributed by atoms with Crippen molar-refractivity contribution in [2.24, 2.45) is 0 Å². The normalized spacial score (nSPS) is 11.0. The van der Waals surface area contributed by atoms with E-state index >= 15 is 0 Å². The van der Waals surface area contributed by atoms with Crippen molar-refractivity contribution >= 4 is 22.6 Å². The molecule has 6 nitrogen and oxygen atoms in total. The number of aryl methyl sites for hydroxylation is 3. The molecule has 6 heteroatoms. The molecule has 0 fully saturated rings. The van der Waals surface area contributed by atoms with Crippen molar-refractivity contribution in [2.75, 3.05) is 11.9 Å². The Morgan fingerprint density at radius 2 is 1.66 bits per heavy atom. The Labute approximate surface area is 188 Å². The van der Waals surface area contributed by atoms with Gasteiger partial charge in [0.2, 0.25) is 0 Å². The molecule has 0 saturated carbocycles. The van der Waals surface area contributed by atoms with E-state index in [1.165, 1.54) is 18.4 Å². The number of amides is 1. The van der Waals surface area contributed by atoms with Gasteiger partial charge in [-0.05, 0) is 85.8 Å². The van der Waals surface area contributed by atoms with Gasteiger partial charge in [0.25, 0.3) is 5.91 Å². The maximum atomic E-state index is 12.3. The van der Waals surface area contributed by atoms with Crippen LogP contribution in [-0.4, -0.2) is 27.5 Å². The molecule has 164 valence electrons. The smallest absolute Gasteiger partial charge is 0.262 e. The Hall–Kier alpha value is -3.67. The van der Waals surface area contributed by atoms with Gasteiger partial charge in [0.05, 0.1) is 5.69 Å². The first-order valence-electron chi connectivity index (χ1n) is 11.0. The third-order valence-corrected chi connectivity index (χ3v) is 5.22. The zero-order valence-corrected chi connectivity index (χ0v) is 18.8. The number of hydrogen-bond acceptors (Lipinski definition) is 4. The number of ether oxygens (including phenoxy) is 1. The third kappa shape index (κ3) is 5.32. The van der Waals surface area contributed by atoms with E-state index in [2.05, 4.69) is 40.6 Å². The third-order valence-electron chi connectivity index (χ3n) is 5.22. The lowest BCUT2D eigenvalue weighted by Gasteiger charge is -2.09. The predicted octanol–water partition coefficient (Wildman–Crippen LogP) is 5.40. The molecule has 0 bridgehead atoms. The highest BCUT2D eigenvalue weighted by Crippen LogP contribution is 2.19. The van der Waals surface area contributed by atoms with Crippen LogP contribution < -0.4 is 10.1 Å². The quantitative estimate of drug-likeness (QED) is 0.408. The van der Waals surface area contributed by atoms with Gasteiger partial charge in [-0.15, -0.1) is 10.2 Å². The number of aromatic nitrogens is 3. The lowest BCUT2D eigenvalue weighted by Crippen LogP contribution is -2.20. The molecule has 0 saturated heterocycles. The number of unbranched alkanes of at least 4 members (excludes halogenated alkanes) is 1. The van der Waals surface area contributed by atoms with Crippen LogP contribution in [0.15, 0.2) is 60.7 Å². The average Bonchev–Trinajstić information content (AvgIpc) is 3.19. The molecular weight excluding hydrogens is 400 g/mol. The minimum atomic E-state index is -0.224. The Morgan fingerprint density at radius 3 is 2.38 bits per heavy atom. The molecule has 0 radical (unpaired) electrons. The number of nitrogens with zero attached hydrogens (tertiary/aromatic N) is 3. The van der Waals surface area contributed by atoms with E-state index in [-0.39, 0.29) is 12.5 Å². The molecule has 0 atom stereocenters. The van der Waals surface area contributed by atoms with Crippen molar-refractivity contribution in [3.63, 3.8) is 0 Å². The second-order valence-corrected chi connectivity index (χ2v) is 8.12. The lowest BCUT2D eigenvalue weighted by molar-refractivity contribution is -0.118. The highest BCUT2D eigenvalue weighted by molar-refractivity contribution is 5.93. The lowest BCUT2D eigenvalue weighted by atomic mass is 10.1. The average molecular weight is 429 g/mol. The predicted molar refractivity (Wildman–Crippen MR) is 128 cm³/mol. The topological polar surface area (TPSA) is 69.0 Å². The number of hydrogen-bond donors (Lipinski definition) is 1. The molecule has 0 aliphatic rings. The van der Waals surface area contributed by atoms with Gasteiger partial charge in [-0.2, -0.15) is 4.80 Å². The van der Waals surface area contributed by atoms with Crippen molar-refractivity contribution < 1.29 is 9.53 Å². The number of carbonyl (C=O) groups excluding carboxylic acids is 1. The maximum Gasteiger partial charge on any atom is 0.262 e. The van der Waals surface area contributed by atoms with Gasteiger partial charge in [0.15, 0.2) is 6.61 Å². The SMILES string of the molecule is CCCCc1ccc(-n2nc3ccc(NC(=O)COc4cc(C)cc(C)c4)cc3n2)cc1. The fourth-order valence-electron chi connectivity index (χ4n) is 3.65. The summed E-state index contributed by atoms with van der Waals surface area (Å²) in [4.78, 5) is 14.0. The van der Waals surface area contributed by atoms with Crippen LogP contribution in [0.4, 0.5) is 5.69 Å². The molecule has 3 aromatic carbocycles. The van der Waals surface area contributed by atoms with Gasteiger partial charge in [0, 0.05) is 5.69 Å². The van der Waals surface area contributed by atoms with E-state index in [1.807, 2.05) is 56.3 Å². The standard InChI is InChI=1S/C26H28N4O2/c1-4-5-6-20-7-10-22(11-8-20)30-28-24-12-9-21(16-25(24)29-30)27-26(31)17-32-23-14-18(2)13-19(3)15-23/h7-16H,4-6,17H2,1-3H3,(H,27,31). The second-order valence-electron chi connectivity index (χ2n) is 8.12. The van der Waals surface area contributed by atoms with E-state index in [0.717, 1.165) is 28.8 Å². The summed E-state index contributed by atoms with van der Waals surface area (Å²) in [5.41, 5.74) is 6.58. The van der Waals surface area contributed by atoms with E-state index in [0.29, 0.717) is 17.0 Å². The summed E-state index contributed by atoms with van der Waals surface area (Å²) in [5.74, 6) is 0.468. The van der Waals surface area contributed by atoms with Crippen molar-refractivity contribution in [2.45, 2.75) is 40.0 Å². The minimum absolute atomic E-state index is 0.0575. The molecule has 0 spiro atoms. The molecule has 4 aromatic rings. The van der Waals surface area contributed by atoms with E-state index in [1.54, 1.807) is 4.80 Å². The summed E-state index contributed by atoms with van der Waals surface area (Å²) in [7, 11) is 0. The largest absolute Gasteiger partial charge is 0.484 e. The molecule has 32 heavy (non-hydrogen) atoms. The van der Waals surface area contributed by atoms with Crippen LogP contribution in [0.5, 0.6) is 5.75 Å². The van der Waals surface area contributed by atoms with Crippen LogP contribution in [-0.2, 0) is 11.2 Å². The first-order chi connectivity index (χ1) is 15.5. The van der Waals surface area contributed by atoms with Gasteiger partial charge in [-0.25, -0.2) is 0 Å². The van der Waals surface area contributed by atoms with Crippen LogP contribution in [0, 0.1) is 13.8 Å². The highest BCUT2D eigenvalue weighted by atomic mass is 16.5. The number of carbonyl (C=O) groups is 1. The number of fused-ring (bicyclic) bond motifs is 1. The Morgan fingerprint density at radius 1 is 0.938 bits per heavy atom. The number of benzene rings is 3. The Balaban J connectivity index is 1.41. The highest BCUT2D eigenvalue weighted by Gasteiger charge is 2.09. The Bertz CT molecular complexity index is 1210. The van der Waals surface area contributed by atoms with Crippen molar-refractivity contribution in [3.05, 3.63) is 77.4 Å². The van der Waals surface area contributed by atoms with Gasteiger partial charge in [-0.3, -0.25) is 4.79 Å². The van der Waals surface area contributed by atoms with Crippen LogP contribution >= 0.6 is 0 Å². The second kappa shape index (κ2) is 9.64. The monoisotopic (exact) mass is 428 g/mol. The fraction of sp³-hybridized carbons (Fsp3) is 0.269. The molecule has 0 aliphatic heterocycles. The first kappa shape index (κ1) is 21.6. The maximum absolute atomic E-state index is 12.3. The van der Waals surface area contributed by atoms with Gasteiger partial charge in [0.1, 0.15) is 16.8 Å². The van der Waals surface area contributed by atoms with Gasteiger partial charge >= 0.3 is 0 Å². The molecule has 1 aromatic heterocycles. The minimum Gasteiger partial charge on any atom is -0.484 e. The van der Waals surface area contributed by atoms with Gasteiger partial charge in [-0.1, -0.05) is 31.5 Å². The van der Waals surface area contributed by atoms with E-state index in [9.17, 15) is 4.79 Å². The van der Waals surface area contributed by atoms with Crippen molar-refractivity contribution in [1.29, 1.82) is 0 Å². The van der Waals surface area contributed by atoms with Crippen molar-refractivity contribution in [1.82, 2.24) is 15.0 Å². The summed E-state index contributed by atoms with van der Waals surface area (Å²) in [5, 5.41) is 12.0. The summed E-state index contributed by atoms with van der Waals surface area (Å²) in [6.07, 6.45) is 3.46. The zero-order chi connectivity index (χ0) is 22.5. The van der Waals surface area contributed by atoms with Crippen LogP contribution in [0.25, 0.3) is 16.7 Å². The molecule has 0 unspecified atom stereocenters. The summed E-state index contributed by atoms with van der Waals surface area (Å²) in [6, 6.07) is 19.7. The molecule has 1 heterocycles. The van der Waals surface area contributed by atoms with Crippen LogP contribution in [0.1, 0.15) is 36.5 Å². The first-order valence-corrected chi connectivity index (χ1v) is 11.0. The zero-order valence-electron chi connectivity index (χ0n) is 18.8. The van der Waals surface area contributed by atoms with Gasteiger partial charge < -0.3 is 10.1 Å². The number of nitrogens with one attached hydrogen (secondary N) is 1. The van der Waals surface area contributed by atoms with Crippen LogP contribution in [0.2, 0.25) is 0 Å². The number of anilines is 1. The summed E-state index contributed by atoms with van der Waals surface area (Å²) < 4.78 is 5.64.